The lowest BCUT2D eigenvalue weighted by Gasteiger charge is -2.08. The first-order valence-corrected chi connectivity index (χ1v) is 6.92. The average Bonchev–Trinajstić information content (AvgIpc) is 2.54. The lowest BCUT2D eigenvalue weighted by Crippen LogP contribution is -2.03. The zero-order valence-electron chi connectivity index (χ0n) is 11.2. The molecule has 0 saturated carbocycles. The van der Waals surface area contributed by atoms with Crippen LogP contribution in [0.25, 0.3) is 11.4 Å². The Kier molecular flexibility index (Phi) is 4.07. The van der Waals surface area contributed by atoms with Gasteiger partial charge in [-0.25, -0.2) is 9.97 Å². The van der Waals surface area contributed by atoms with Gasteiger partial charge >= 0.3 is 0 Å². The summed E-state index contributed by atoms with van der Waals surface area (Å²) >= 11 is 6.08. The summed E-state index contributed by atoms with van der Waals surface area (Å²) in [5.41, 5.74) is 2.06. The minimum absolute atomic E-state index is 0.418. The van der Waals surface area contributed by atoms with Crippen LogP contribution in [-0.4, -0.2) is 15.0 Å². The molecule has 0 radical (unpaired) electrons. The van der Waals surface area contributed by atoms with E-state index < -0.39 is 0 Å². The molecule has 0 atom stereocenters. The van der Waals surface area contributed by atoms with Crippen LogP contribution in [0.2, 0.25) is 5.15 Å². The number of hydrogen-bond acceptors (Lipinski definition) is 4. The van der Waals surface area contributed by atoms with Crippen molar-refractivity contribution in [2.75, 3.05) is 5.32 Å². The summed E-state index contributed by atoms with van der Waals surface area (Å²) in [5, 5.41) is 3.67. The van der Waals surface area contributed by atoms with Gasteiger partial charge in [0.05, 0.1) is 0 Å². The molecule has 0 bridgehead atoms. The normalized spacial score (nSPS) is 10.3. The molecule has 3 aromatic rings. The minimum Gasteiger partial charge on any atom is -0.366 e. The lowest BCUT2D eigenvalue weighted by atomic mass is 10.2. The number of nitrogens with one attached hydrogen (secondary N) is 1. The first-order valence-electron chi connectivity index (χ1n) is 6.54. The van der Waals surface area contributed by atoms with Crippen LogP contribution in [0.1, 0.15) is 5.56 Å². The summed E-state index contributed by atoms with van der Waals surface area (Å²) in [6, 6.07) is 15.4. The van der Waals surface area contributed by atoms with Crippen molar-refractivity contribution in [2.24, 2.45) is 0 Å². The van der Waals surface area contributed by atoms with Crippen LogP contribution < -0.4 is 5.32 Å². The van der Waals surface area contributed by atoms with Gasteiger partial charge in [0.2, 0.25) is 0 Å². The SMILES string of the molecule is Clc1cc(NCc2ccncc2)nc(-c2ccccc2)n1. The summed E-state index contributed by atoms with van der Waals surface area (Å²) in [6.45, 7) is 0.657. The summed E-state index contributed by atoms with van der Waals surface area (Å²) in [5.74, 6) is 1.31. The molecular weight excluding hydrogens is 284 g/mol. The summed E-state index contributed by atoms with van der Waals surface area (Å²) < 4.78 is 0. The van der Waals surface area contributed by atoms with Crippen molar-refractivity contribution in [3.63, 3.8) is 0 Å². The van der Waals surface area contributed by atoms with E-state index >= 15 is 0 Å². The van der Waals surface area contributed by atoms with Gasteiger partial charge in [0.15, 0.2) is 5.82 Å². The van der Waals surface area contributed by atoms with E-state index in [1.165, 1.54) is 0 Å². The molecule has 5 heteroatoms. The number of rotatable bonds is 4. The summed E-state index contributed by atoms with van der Waals surface area (Å²) in [6.07, 6.45) is 3.53. The van der Waals surface area contributed by atoms with E-state index in [1.54, 1.807) is 18.5 Å². The van der Waals surface area contributed by atoms with Crippen molar-refractivity contribution in [1.29, 1.82) is 0 Å². The maximum absolute atomic E-state index is 6.08. The quantitative estimate of drug-likeness (QED) is 0.744. The van der Waals surface area contributed by atoms with E-state index in [2.05, 4.69) is 20.3 Å². The number of hydrogen-bond donors (Lipinski definition) is 1. The fourth-order valence-electron chi connectivity index (χ4n) is 1.92. The first kappa shape index (κ1) is 13.5. The Bertz CT molecular complexity index is 717. The van der Waals surface area contributed by atoms with Crippen LogP contribution >= 0.6 is 11.6 Å². The second-order valence-electron chi connectivity index (χ2n) is 4.47. The number of aromatic nitrogens is 3. The number of pyridine rings is 1. The fraction of sp³-hybridized carbons (Fsp3) is 0.0625. The Morgan fingerprint density at radius 2 is 1.71 bits per heavy atom. The zero-order chi connectivity index (χ0) is 14.5. The molecule has 1 N–H and O–H groups in total. The molecule has 0 saturated heterocycles. The monoisotopic (exact) mass is 296 g/mol. The number of halogens is 1. The zero-order valence-corrected chi connectivity index (χ0v) is 12.0. The molecule has 1 aromatic carbocycles. The third-order valence-electron chi connectivity index (χ3n) is 2.95. The smallest absolute Gasteiger partial charge is 0.163 e. The summed E-state index contributed by atoms with van der Waals surface area (Å²) in [7, 11) is 0. The topological polar surface area (TPSA) is 50.7 Å². The van der Waals surface area contributed by atoms with Gasteiger partial charge < -0.3 is 5.32 Å². The highest BCUT2D eigenvalue weighted by atomic mass is 35.5. The maximum atomic E-state index is 6.08. The van der Waals surface area contributed by atoms with Crippen LogP contribution in [0.4, 0.5) is 5.82 Å². The van der Waals surface area contributed by atoms with Crippen molar-refractivity contribution in [3.8, 4) is 11.4 Å². The highest BCUT2D eigenvalue weighted by Crippen LogP contribution is 2.20. The van der Waals surface area contributed by atoms with Gasteiger partial charge in [0, 0.05) is 30.6 Å². The van der Waals surface area contributed by atoms with Crippen molar-refractivity contribution < 1.29 is 0 Å². The molecule has 4 nitrogen and oxygen atoms in total. The van der Waals surface area contributed by atoms with Crippen LogP contribution in [0.5, 0.6) is 0 Å². The Hall–Kier alpha value is -2.46. The molecule has 0 aliphatic carbocycles. The van der Waals surface area contributed by atoms with Gasteiger partial charge in [0.1, 0.15) is 11.0 Å². The van der Waals surface area contributed by atoms with Crippen LogP contribution in [-0.2, 0) is 6.54 Å². The minimum atomic E-state index is 0.418. The van der Waals surface area contributed by atoms with Crippen LogP contribution in [0.15, 0.2) is 60.9 Å². The van der Waals surface area contributed by atoms with E-state index in [9.17, 15) is 0 Å². The van der Waals surface area contributed by atoms with Crippen molar-refractivity contribution in [3.05, 3.63) is 71.6 Å². The largest absolute Gasteiger partial charge is 0.366 e. The standard InChI is InChI=1S/C16H13ClN4/c17-14-10-15(19-11-12-6-8-18-9-7-12)21-16(20-14)13-4-2-1-3-5-13/h1-10H,11H2,(H,19,20,21). The summed E-state index contributed by atoms with van der Waals surface area (Å²) in [4.78, 5) is 12.8. The molecular formula is C16H13ClN4. The predicted molar refractivity (Wildman–Crippen MR) is 84.0 cm³/mol. The molecule has 0 unspecified atom stereocenters. The van der Waals surface area contributed by atoms with E-state index in [1.807, 2.05) is 42.5 Å². The highest BCUT2D eigenvalue weighted by molar-refractivity contribution is 6.29. The Morgan fingerprint density at radius 1 is 0.952 bits per heavy atom. The fourth-order valence-corrected chi connectivity index (χ4v) is 2.10. The van der Waals surface area contributed by atoms with Gasteiger partial charge in [0.25, 0.3) is 0 Å². The molecule has 0 fully saturated rings. The molecule has 21 heavy (non-hydrogen) atoms. The van der Waals surface area contributed by atoms with Gasteiger partial charge in [-0.15, -0.1) is 0 Å². The van der Waals surface area contributed by atoms with E-state index in [0.717, 1.165) is 11.1 Å². The van der Waals surface area contributed by atoms with E-state index in [-0.39, 0.29) is 0 Å². The average molecular weight is 297 g/mol. The lowest BCUT2D eigenvalue weighted by molar-refractivity contribution is 1.08. The molecule has 0 aliphatic rings. The van der Waals surface area contributed by atoms with E-state index in [4.69, 9.17) is 11.6 Å². The van der Waals surface area contributed by atoms with Gasteiger partial charge in [-0.1, -0.05) is 41.9 Å². The predicted octanol–water partition coefficient (Wildman–Crippen LogP) is 3.80. The van der Waals surface area contributed by atoms with E-state index in [0.29, 0.717) is 23.3 Å². The molecule has 104 valence electrons. The maximum Gasteiger partial charge on any atom is 0.163 e. The first-order chi connectivity index (χ1) is 10.3. The molecule has 2 heterocycles. The number of nitrogens with zero attached hydrogens (tertiary/aromatic N) is 3. The molecule has 2 aromatic heterocycles. The second-order valence-corrected chi connectivity index (χ2v) is 4.86. The van der Waals surface area contributed by atoms with Gasteiger partial charge in [-0.3, -0.25) is 4.98 Å². The Morgan fingerprint density at radius 3 is 2.48 bits per heavy atom. The van der Waals surface area contributed by atoms with Crippen LogP contribution in [0, 0.1) is 0 Å². The van der Waals surface area contributed by atoms with Gasteiger partial charge in [-0.2, -0.15) is 0 Å². The Balaban J connectivity index is 1.82. The Labute approximate surface area is 127 Å². The van der Waals surface area contributed by atoms with Crippen molar-refractivity contribution >= 4 is 17.4 Å². The van der Waals surface area contributed by atoms with Crippen molar-refractivity contribution in [2.45, 2.75) is 6.54 Å². The molecule has 0 spiro atoms. The van der Waals surface area contributed by atoms with Crippen LogP contribution in [0.3, 0.4) is 0 Å². The molecule has 0 amide bonds. The van der Waals surface area contributed by atoms with Crippen molar-refractivity contribution in [1.82, 2.24) is 15.0 Å². The number of anilines is 1. The highest BCUT2D eigenvalue weighted by Gasteiger charge is 2.05. The number of benzene rings is 1. The molecule has 3 rings (SSSR count). The van der Waals surface area contributed by atoms with Gasteiger partial charge in [-0.05, 0) is 17.7 Å². The second kappa shape index (κ2) is 6.33. The third-order valence-corrected chi connectivity index (χ3v) is 3.14. The third kappa shape index (κ3) is 3.55. The molecule has 0 aliphatic heterocycles.